The molecule has 0 fully saturated rings. The SMILES string of the molecule is CCc1c(Cc2[nH]c(C(=O)O)c(C)c2CC)[nH]c(C(=O)O)c1C.[Na+]. The fourth-order valence-corrected chi connectivity index (χ4v) is 3.26. The van der Waals surface area contributed by atoms with Crippen LogP contribution in [-0.2, 0) is 19.3 Å². The molecule has 0 spiro atoms. The normalized spacial score (nSPS) is 10.5. The summed E-state index contributed by atoms with van der Waals surface area (Å²) in [6.07, 6.45) is 1.91. The number of carboxylic acids is 2. The topological polar surface area (TPSA) is 106 Å². The fourth-order valence-electron chi connectivity index (χ4n) is 3.26. The number of H-pyrrole nitrogens is 2. The van der Waals surface area contributed by atoms with Gasteiger partial charge in [0.2, 0.25) is 0 Å². The first-order valence-electron chi connectivity index (χ1n) is 7.68. The summed E-state index contributed by atoms with van der Waals surface area (Å²) in [5, 5.41) is 18.5. The first-order chi connectivity index (χ1) is 10.8. The third kappa shape index (κ3) is 3.61. The summed E-state index contributed by atoms with van der Waals surface area (Å²) in [4.78, 5) is 28.6. The molecule has 4 N–H and O–H groups in total. The fraction of sp³-hybridized carbons (Fsp3) is 0.412. The molecule has 2 rings (SSSR count). The number of carbonyl (C=O) groups is 2. The van der Waals surface area contributed by atoms with E-state index in [1.54, 1.807) is 13.8 Å². The van der Waals surface area contributed by atoms with Gasteiger partial charge in [0, 0.05) is 17.8 Å². The summed E-state index contributed by atoms with van der Waals surface area (Å²) in [5.74, 6) is -1.96. The Labute approximate surface area is 163 Å². The predicted octanol–water partition coefficient (Wildman–Crippen LogP) is 0.0756. The molecule has 2 aromatic rings. The Bertz CT molecular complexity index is 710. The molecule has 0 unspecified atom stereocenters. The van der Waals surface area contributed by atoms with E-state index in [2.05, 4.69) is 9.97 Å². The number of nitrogens with one attached hydrogen (secondary N) is 2. The van der Waals surface area contributed by atoms with Crippen LogP contribution in [0.2, 0.25) is 0 Å². The van der Waals surface area contributed by atoms with Gasteiger partial charge in [0.05, 0.1) is 0 Å². The van der Waals surface area contributed by atoms with Crippen LogP contribution in [-0.4, -0.2) is 32.1 Å². The van der Waals surface area contributed by atoms with E-state index < -0.39 is 11.9 Å². The minimum absolute atomic E-state index is 0. The van der Waals surface area contributed by atoms with Crippen molar-refractivity contribution in [2.75, 3.05) is 0 Å². The van der Waals surface area contributed by atoms with E-state index in [0.717, 1.165) is 46.5 Å². The summed E-state index contributed by atoms with van der Waals surface area (Å²) in [6, 6.07) is 0. The van der Waals surface area contributed by atoms with Crippen molar-refractivity contribution < 1.29 is 49.4 Å². The maximum absolute atomic E-state index is 11.3. The third-order valence-corrected chi connectivity index (χ3v) is 4.42. The van der Waals surface area contributed by atoms with Crippen molar-refractivity contribution in [1.29, 1.82) is 0 Å². The van der Waals surface area contributed by atoms with E-state index in [4.69, 9.17) is 0 Å². The summed E-state index contributed by atoms with van der Waals surface area (Å²) in [6.45, 7) is 7.56. The molecule has 0 radical (unpaired) electrons. The van der Waals surface area contributed by atoms with Gasteiger partial charge in [-0.25, -0.2) is 9.59 Å². The number of aromatic amines is 2. The van der Waals surface area contributed by atoms with Crippen LogP contribution < -0.4 is 29.6 Å². The molecule has 2 aromatic heterocycles. The van der Waals surface area contributed by atoms with Crippen LogP contribution in [0, 0.1) is 13.8 Å². The molecular formula is C17H22N2NaO4+. The Morgan fingerprint density at radius 1 is 0.833 bits per heavy atom. The second-order valence-corrected chi connectivity index (χ2v) is 5.66. The largest absolute Gasteiger partial charge is 1.00 e. The van der Waals surface area contributed by atoms with Crippen LogP contribution in [0.5, 0.6) is 0 Å². The zero-order valence-electron chi connectivity index (χ0n) is 14.8. The summed E-state index contributed by atoms with van der Waals surface area (Å²) in [7, 11) is 0. The molecule has 0 bridgehead atoms. The predicted molar refractivity (Wildman–Crippen MR) is 86.5 cm³/mol. The Kier molecular flexibility index (Phi) is 6.89. The van der Waals surface area contributed by atoms with Crippen LogP contribution in [0.4, 0.5) is 0 Å². The molecule has 0 aromatic carbocycles. The van der Waals surface area contributed by atoms with Gasteiger partial charge in [-0.2, -0.15) is 0 Å². The first-order valence-corrected chi connectivity index (χ1v) is 7.68. The van der Waals surface area contributed by atoms with Gasteiger partial charge in [-0.15, -0.1) is 0 Å². The molecule has 7 heteroatoms. The first kappa shape index (κ1) is 20.5. The Balaban J connectivity index is 0.00000288. The Morgan fingerprint density at radius 2 is 1.17 bits per heavy atom. The molecule has 6 nitrogen and oxygen atoms in total. The van der Waals surface area contributed by atoms with Crippen molar-refractivity contribution in [3.05, 3.63) is 45.0 Å². The van der Waals surface area contributed by atoms with Crippen LogP contribution in [0.3, 0.4) is 0 Å². The van der Waals surface area contributed by atoms with E-state index in [0.29, 0.717) is 6.42 Å². The molecule has 0 atom stereocenters. The quantitative estimate of drug-likeness (QED) is 0.558. The van der Waals surface area contributed by atoms with Crippen molar-refractivity contribution >= 4 is 11.9 Å². The Morgan fingerprint density at radius 3 is 1.42 bits per heavy atom. The van der Waals surface area contributed by atoms with E-state index in [1.807, 2.05) is 13.8 Å². The van der Waals surface area contributed by atoms with Crippen LogP contribution in [0.15, 0.2) is 0 Å². The minimum Gasteiger partial charge on any atom is -0.477 e. The number of hydrogen-bond donors (Lipinski definition) is 4. The average molecular weight is 341 g/mol. The zero-order valence-corrected chi connectivity index (χ0v) is 16.8. The average Bonchev–Trinajstić information content (AvgIpc) is 2.96. The molecule has 0 aliphatic rings. The van der Waals surface area contributed by atoms with E-state index >= 15 is 0 Å². The van der Waals surface area contributed by atoms with Crippen LogP contribution in [0.1, 0.15) is 68.5 Å². The van der Waals surface area contributed by atoms with Crippen LogP contribution >= 0.6 is 0 Å². The number of carboxylic acid groups (broad SMARTS) is 2. The van der Waals surface area contributed by atoms with Gasteiger partial charge in [-0.05, 0) is 48.9 Å². The number of aromatic carboxylic acids is 2. The number of rotatable bonds is 6. The van der Waals surface area contributed by atoms with Crippen molar-refractivity contribution in [3.63, 3.8) is 0 Å². The van der Waals surface area contributed by atoms with Crippen molar-refractivity contribution in [1.82, 2.24) is 9.97 Å². The molecule has 2 heterocycles. The smallest absolute Gasteiger partial charge is 0.477 e. The monoisotopic (exact) mass is 341 g/mol. The molecule has 0 aliphatic heterocycles. The van der Waals surface area contributed by atoms with E-state index in [1.165, 1.54) is 0 Å². The minimum atomic E-state index is -0.979. The molecule has 0 saturated carbocycles. The van der Waals surface area contributed by atoms with Gasteiger partial charge >= 0.3 is 41.5 Å². The van der Waals surface area contributed by atoms with E-state index in [9.17, 15) is 19.8 Å². The van der Waals surface area contributed by atoms with Crippen molar-refractivity contribution in [3.8, 4) is 0 Å². The molecule has 0 aliphatic carbocycles. The molecule has 24 heavy (non-hydrogen) atoms. The van der Waals surface area contributed by atoms with Crippen molar-refractivity contribution in [2.24, 2.45) is 0 Å². The van der Waals surface area contributed by atoms with Gasteiger partial charge in [0.15, 0.2) is 0 Å². The standard InChI is InChI=1S/C17H22N2O4.Na/c1-5-10-8(3)14(16(20)21)18-12(10)7-13-11(6-2)9(4)15(19-13)17(22)23;/h18-19H,5-7H2,1-4H3,(H,20,21)(H,22,23);/q;+1. The van der Waals surface area contributed by atoms with E-state index in [-0.39, 0.29) is 40.9 Å². The van der Waals surface area contributed by atoms with Gasteiger partial charge in [0.25, 0.3) is 0 Å². The summed E-state index contributed by atoms with van der Waals surface area (Å²) in [5.41, 5.74) is 5.52. The second-order valence-electron chi connectivity index (χ2n) is 5.66. The number of hydrogen-bond acceptors (Lipinski definition) is 2. The molecular weight excluding hydrogens is 319 g/mol. The second kappa shape index (κ2) is 8.05. The maximum Gasteiger partial charge on any atom is 1.00 e. The molecule has 124 valence electrons. The zero-order chi connectivity index (χ0) is 17.3. The van der Waals surface area contributed by atoms with Gasteiger partial charge in [-0.1, -0.05) is 13.8 Å². The van der Waals surface area contributed by atoms with Crippen molar-refractivity contribution in [2.45, 2.75) is 47.0 Å². The third-order valence-electron chi connectivity index (χ3n) is 4.42. The summed E-state index contributed by atoms with van der Waals surface area (Å²) < 4.78 is 0. The summed E-state index contributed by atoms with van der Waals surface area (Å²) >= 11 is 0. The molecule has 0 saturated heterocycles. The van der Waals surface area contributed by atoms with Gasteiger partial charge in [0.1, 0.15) is 11.4 Å². The van der Waals surface area contributed by atoms with Gasteiger partial charge in [-0.3, -0.25) is 0 Å². The van der Waals surface area contributed by atoms with Crippen LogP contribution in [0.25, 0.3) is 0 Å². The number of aromatic nitrogens is 2. The maximum atomic E-state index is 11.3. The Hall–Kier alpha value is -1.50. The van der Waals surface area contributed by atoms with Gasteiger partial charge < -0.3 is 20.2 Å². The molecule has 0 amide bonds.